The number of rotatable bonds is 4. The lowest BCUT2D eigenvalue weighted by molar-refractivity contribution is 0.409. The Morgan fingerprint density at radius 3 is 2.55 bits per heavy atom. The number of H-pyrrole nitrogens is 1. The molecule has 2 aromatic heterocycles. The third-order valence-corrected chi connectivity index (χ3v) is 5.32. The Labute approximate surface area is 185 Å². The summed E-state index contributed by atoms with van der Waals surface area (Å²) in [6, 6.07) is 7.21. The van der Waals surface area contributed by atoms with Crippen molar-refractivity contribution in [3.05, 3.63) is 45.0 Å². The molecule has 1 aliphatic heterocycles. The average molecular weight is 457 g/mol. The van der Waals surface area contributed by atoms with Crippen molar-refractivity contribution in [2.45, 2.75) is 25.8 Å². The zero-order chi connectivity index (χ0) is 20.8. The summed E-state index contributed by atoms with van der Waals surface area (Å²) in [5.41, 5.74) is 2.61. The van der Waals surface area contributed by atoms with Crippen LogP contribution < -0.4 is 15.0 Å². The first kappa shape index (κ1) is 22.0. The predicted octanol–water partition coefficient (Wildman–Crippen LogP) is 5.32. The van der Waals surface area contributed by atoms with Gasteiger partial charge in [-0.1, -0.05) is 34.8 Å². The van der Waals surface area contributed by atoms with Gasteiger partial charge in [0.1, 0.15) is 10.9 Å². The molecule has 6 nitrogen and oxygen atoms in total. The number of methoxy groups -OCH3 is 1. The summed E-state index contributed by atoms with van der Waals surface area (Å²) in [5.74, 6) is 1.60. The van der Waals surface area contributed by atoms with Crippen LogP contribution in [0, 0.1) is 0 Å². The first-order valence-corrected chi connectivity index (χ1v) is 10.6. The molecule has 1 aromatic carbocycles. The Morgan fingerprint density at radius 2 is 1.86 bits per heavy atom. The van der Waals surface area contributed by atoms with Crippen molar-refractivity contribution < 1.29 is 4.74 Å². The first-order valence-electron chi connectivity index (χ1n) is 9.45. The molecule has 4 rings (SSSR count). The molecule has 1 aliphatic rings. The number of aromatic nitrogens is 3. The zero-order valence-electron chi connectivity index (χ0n) is 16.4. The number of aromatic amines is 1. The van der Waals surface area contributed by atoms with Crippen molar-refractivity contribution in [2.75, 3.05) is 32.1 Å². The van der Waals surface area contributed by atoms with Gasteiger partial charge in [-0.2, -0.15) is 4.98 Å². The van der Waals surface area contributed by atoms with E-state index < -0.39 is 0 Å². The number of anilines is 1. The summed E-state index contributed by atoms with van der Waals surface area (Å²) in [4.78, 5) is 14.2. The number of ether oxygens (including phenoxy) is 1. The number of imidazole rings is 1. The summed E-state index contributed by atoms with van der Waals surface area (Å²) in [6.45, 7) is 2.84. The normalized spacial score (nSPS) is 13.9. The van der Waals surface area contributed by atoms with E-state index in [2.05, 4.69) is 25.2 Å². The van der Waals surface area contributed by atoms with Crippen LogP contribution >= 0.6 is 34.8 Å². The van der Waals surface area contributed by atoms with E-state index in [1.165, 1.54) is 19.3 Å². The number of benzene rings is 1. The van der Waals surface area contributed by atoms with E-state index in [-0.39, 0.29) is 0 Å². The van der Waals surface area contributed by atoms with Gasteiger partial charge in [-0.3, -0.25) is 0 Å². The second kappa shape index (κ2) is 10.3. The van der Waals surface area contributed by atoms with Crippen LogP contribution in [0.2, 0.25) is 15.2 Å². The van der Waals surface area contributed by atoms with Gasteiger partial charge >= 0.3 is 0 Å². The molecule has 29 heavy (non-hydrogen) atoms. The molecule has 9 heteroatoms. The minimum atomic E-state index is 0.490. The van der Waals surface area contributed by atoms with Crippen molar-refractivity contribution in [3.8, 4) is 5.75 Å². The van der Waals surface area contributed by atoms with E-state index in [9.17, 15) is 0 Å². The standard InChI is InChI=1S/C11H13ClN4.C9H11Cl2NO/c12-9-5-4-8-10(14-9)15-11(13-8)16-6-2-1-3-7-16;1-12-5-6-3-7(10)4-8(11)9(6)13-2/h4-5H,1-3,6-7H2,(H,13,14,15);3-4,12H,5H2,1-2H3. The van der Waals surface area contributed by atoms with E-state index in [0.717, 1.165) is 30.1 Å². The molecule has 0 atom stereocenters. The van der Waals surface area contributed by atoms with Crippen LogP contribution in [-0.2, 0) is 6.54 Å². The lowest BCUT2D eigenvalue weighted by atomic mass is 10.1. The van der Waals surface area contributed by atoms with Crippen molar-refractivity contribution >= 4 is 51.9 Å². The fraction of sp³-hybridized carbons (Fsp3) is 0.400. The Bertz CT molecular complexity index is 957. The SMILES string of the molecule is CNCc1cc(Cl)cc(Cl)c1OC.Clc1ccc2[nH]c(N3CCCCC3)nc2n1. The second-order valence-corrected chi connectivity index (χ2v) is 7.95. The first-order chi connectivity index (χ1) is 14.0. The molecule has 0 aliphatic carbocycles. The van der Waals surface area contributed by atoms with Crippen molar-refractivity contribution in [3.63, 3.8) is 0 Å². The summed E-state index contributed by atoms with van der Waals surface area (Å²) in [5, 5.41) is 4.67. The highest BCUT2D eigenvalue weighted by Gasteiger charge is 2.15. The highest BCUT2D eigenvalue weighted by atomic mass is 35.5. The molecule has 0 unspecified atom stereocenters. The van der Waals surface area contributed by atoms with E-state index in [0.29, 0.717) is 33.1 Å². The van der Waals surface area contributed by atoms with Crippen molar-refractivity contribution in [1.82, 2.24) is 20.3 Å². The number of nitrogens with one attached hydrogen (secondary N) is 2. The summed E-state index contributed by atoms with van der Waals surface area (Å²) < 4.78 is 5.15. The van der Waals surface area contributed by atoms with Gasteiger partial charge in [0, 0.05) is 30.2 Å². The highest BCUT2D eigenvalue weighted by Crippen LogP contribution is 2.31. The van der Waals surface area contributed by atoms with Gasteiger partial charge in [0.25, 0.3) is 0 Å². The molecule has 0 saturated carbocycles. The smallest absolute Gasteiger partial charge is 0.205 e. The number of pyridine rings is 1. The summed E-state index contributed by atoms with van der Waals surface area (Å²) in [6.07, 6.45) is 3.80. The van der Waals surface area contributed by atoms with Gasteiger partial charge in [0.05, 0.1) is 17.6 Å². The van der Waals surface area contributed by atoms with Crippen molar-refractivity contribution in [2.24, 2.45) is 0 Å². The summed E-state index contributed by atoms with van der Waals surface area (Å²) >= 11 is 17.6. The third kappa shape index (κ3) is 5.66. The Balaban J connectivity index is 0.000000170. The molecular formula is C20H24Cl3N5O. The largest absolute Gasteiger partial charge is 0.495 e. The van der Waals surface area contributed by atoms with Gasteiger partial charge in [0.15, 0.2) is 5.65 Å². The molecule has 0 amide bonds. The molecule has 0 spiro atoms. The molecule has 2 N–H and O–H groups in total. The maximum absolute atomic E-state index is 5.93. The zero-order valence-corrected chi connectivity index (χ0v) is 18.7. The molecule has 1 saturated heterocycles. The van der Waals surface area contributed by atoms with Gasteiger partial charge in [0.2, 0.25) is 5.95 Å². The molecule has 0 bridgehead atoms. The topological polar surface area (TPSA) is 66.1 Å². The number of hydrogen-bond donors (Lipinski definition) is 2. The van der Waals surface area contributed by atoms with E-state index in [4.69, 9.17) is 39.5 Å². The predicted molar refractivity (Wildman–Crippen MR) is 121 cm³/mol. The minimum Gasteiger partial charge on any atom is -0.495 e. The second-order valence-electron chi connectivity index (χ2n) is 6.72. The number of nitrogens with zero attached hydrogens (tertiary/aromatic N) is 3. The molecule has 0 radical (unpaired) electrons. The summed E-state index contributed by atoms with van der Waals surface area (Å²) in [7, 11) is 3.45. The monoisotopic (exact) mass is 455 g/mol. The highest BCUT2D eigenvalue weighted by molar-refractivity contribution is 6.35. The third-order valence-electron chi connectivity index (χ3n) is 4.61. The van der Waals surface area contributed by atoms with Crippen LogP contribution in [0.5, 0.6) is 5.75 Å². The van der Waals surface area contributed by atoms with E-state index in [1.807, 2.05) is 19.2 Å². The minimum absolute atomic E-state index is 0.490. The molecular weight excluding hydrogens is 433 g/mol. The molecule has 1 fully saturated rings. The van der Waals surface area contributed by atoms with Crippen LogP contribution in [0.4, 0.5) is 5.95 Å². The van der Waals surface area contributed by atoms with Crippen LogP contribution in [0.15, 0.2) is 24.3 Å². The molecule has 3 heterocycles. The maximum Gasteiger partial charge on any atom is 0.205 e. The van der Waals surface area contributed by atoms with Crippen LogP contribution in [0.1, 0.15) is 24.8 Å². The van der Waals surface area contributed by atoms with E-state index in [1.54, 1.807) is 19.2 Å². The Kier molecular flexibility index (Phi) is 7.84. The van der Waals surface area contributed by atoms with Crippen LogP contribution in [0.3, 0.4) is 0 Å². The van der Waals surface area contributed by atoms with Gasteiger partial charge in [-0.25, -0.2) is 4.98 Å². The quantitative estimate of drug-likeness (QED) is 0.520. The van der Waals surface area contributed by atoms with Crippen LogP contribution in [-0.4, -0.2) is 42.2 Å². The van der Waals surface area contributed by atoms with Gasteiger partial charge in [-0.15, -0.1) is 0 Å². The molecule has 156 valence electrons. The number of hydrogen-bond acceptors (Lipinski definition) is 5. The van der Waals surface area contributed by atoms with Gasteiger partial charge in [-0.05, 0) is 50.6 Å². The maximum atomic E-state index is 5.93. The fourth-order valence-corrected chi connectivity index (χ4v) is 4.03. The van der Waals surface area contributed by atoms with Crippen molar-refractivity contribution in [1.29, 1.82) is 0 Å². The van der Waals surface area contributed by atoms with E-state index >= 15 is 0 Å². The number of piperidine rings is 1. The Morgan fingerprint density at radius 1 is 1.10 bits per heavy atom. The fourth-order valence-electron chi connectivity index (χ4n) is 3.28. The van der Waals surface area contributed by atoms with Gasteiger partial charge < -0.3 is 19.9 Å². The lowest BCUT2D eigenvalue weighted by Gasteiger charge is -2.25. The number of fused-ring (bicyclic) bond motifs is 1. The Hall–Kier alpha value is -1.73. The van der Waals surface area contributed by atoms with Crippen LogP contribution in [0.25, 0.3) is 11.2 Å². The molecule has 3 aromatic rings. The average Bonchev–Trinajstić information content (AvgIpc) is 3.12. The number of halogens is 3. The lowest BCUT2D eigenvalue weighted by Crippen LogP contribution is -2.30.